The Morgan fingerprint density at radius 2 is 2.17 bits per heavy atom. The largest absolute Gasteiger partial charge is 0.490 e. The molecule has 1 fully saturated rings. The van der Waals surface area contributed by atoms with E-state index in [1.165, 1.54) is 6.33 Å². The number of hydrogen-bond acceptors (Lipinski definition) is 5. The second kappa shape index (κ2) is 6.20. The Hall–Kier alpha value is -1.07. The quantitative estimate of drug-likeness (QED) is 0.784. The highest BCUT2D eigenvalue weighted by Gasteiger charge is 2.20. The van der Waals surface area contributed by atoms with Crippen molar-refractivity contribution in [1.82, 2.24) is 9.97 Å². The average Bonchev–Trinajstić information content (AvgIpc) is 2.39. The molecule has 0 aromatic carbocycles. The summed E-state index contributed by atoms with van der Waals surface area (Å²) < 4.78 is 10.6. The van der Waals surface area contributed by atoms with Gasteiger partial charge in [-0.3, -0.25) is 0 Å². The number of methoxy groups -OCH3 is 1. The van der Waals surface area contributed by atoms with E-state index in [4.69, 9.17) is 21.1 Å². The maximum absolute atomic E-state index is 5.99. The Morgan fingerprint density at radius 3 is 2.83 bits per heavy atom. The minimum atomic E-state index is 0.348. The molecular weight excluding hydrogens is 254 g/mol. The van der Waals surface area contributed by atoms with Crippen LogP contribution in [0.1, 0.15) is 12.8 Å². The van der Waals surface area contributed by atoms with Gasteiger partial charge in [-0.25, -0.2) is 9.97 Å². The Kier molecular flexibility index (Phi) is 4.60. The summed E-state index contributed by atoms with van der Waals surface area (Å²) in [6.07, 6.45) is 3.64. The molecule has 0 aliphatic carbocycles. The lowest BCUT2D eigenvalue weighted by atomic mass is 10.00. The van der Waals surface area contributed by atoms with Crippen LogP contribution in [0.25, 0.3) is 0 Å². The first-order valence-corrected chi connectivity index (χ1v) is 6.43. The highest BCUT2D eigenvalue weighted by atomic mass is 35.5. The van der Waals surface area contributed by atoms with E-state index in [1.54, 1.807) is 7.11 Å². The number of ether oxygens (including phenoxy) is 2. The van der Waals surface area contributed by atoms with Crippen LogP contribution >= 0.6 is 11.6 Å². The molecular formula is C12H18ClN3O2. The number of halogens is 1. The van der Waals surface area contributed by atoms with E-state index in [9.17, 15) is 0 Å². The van der Waals surface area contributed by atoms with Gasteiger partial charge in [0.25, 0.3) is 0 Å². The molecule has 1 aliphatic heterocycles. The fourth-order valence-corrected chi connectivity index (χ4v) is 2.40. The molecule has 1 aromatic rings. The van der Waals surface area contributed by atoms with Crippen molar-refractivity contribution in [3.8, 4) is 5.75 Å². The Labute approximate surface area is 112 Å². The molecule has 100 valence electrons. The van der Waals surface area contributed by atoms with Gasteiger partial charge < -0.3 is 14.4 Å². The van der Waals surface area contributed by atoms with Crippen LogP contribution in [-0.2, 0) is 4.74 Å². The van der Waals surface area contributed by atoms with Crippen molar-refractivity contribution in [3.63, 3.8) is 0 Å². The van der Waals surface area contributed by atoms with E-state index in [1.807, 2.05) is 7.05 Å². The van der Waals surface area contributed by atoms with Gasteiger partial charge in [-0.2, -0.15) is 0 Å². The predicted octanol–water partition coefficient (Wildman–Crippen LogP) is 2.00. The SMILES string of the molecule is COc1c(Cl)ncnc1N(C)CC1CCOCC1. The summed E-state index contributed by atoms with van der Waals surface area (Å²) in [6, 6.07) is 0. The molecule has 2 heterocycles. The Bertz CT molecular complexity index is 397. The van der Waals surface area contributed by atoms with Crippen molar-refractivity contribution in [1.29, 1.82) is 0 Å². The van der Waals surface area contributed by atoms with Crippen molar-refractivity contribution in [2.75, 3.05) is 38.8 Å². The first-order chi connectivity index (χ1) is 8.72. The number of hydrogen-bond donors (Lipinski definition) is 0. The van der Waals surface area contributed by atoms with Crippen LogP contribution in [0.4, 0.5) is 5.82 Å². The van der Waals surface area contributed by atoms with Crippen LogP contribution in [0.3, 0.4) is 0 Å². The van der Waals surface area contributed by atoms with E-state index >= 15 is 0 Å². The first kappa shape index (κ1) is 13.4. The van der Waals surface area contributed by atoms with Crippen LogP contribution in [-0.4, -0.2) is 43.9 Å². The number of nitrogens with zero attached hydrogens (tertiary/aromatic N) is 3. The molecule has 1 aromatic heterocycles. The second-order valence-electron chi connectivity index (χ2n) is 4.46. The molecule has 0 unspecified atom stereocenters. The molecule has 2 rings (SSSR count). The fourth-order valence-electron chi connectivity index (χ4n) is 2.19. The summed E-state index contributed by atoms with van der Waals surface area (Å²) in [4.78, 5) is 10.2. The van der Waals surface area contributed by atoms with Gasteiger partial charge in [0.2, 0.25) is 0 Å². The van der Waals surface area contributed by atoms with E-state index in [0.717, 1.165) is 38.4 Å². The zero-order chi connectivity index (χ0) is 13.0. The smallest absolute Gasteiger partial charge is 0.199 e. The Balaban J connectivity index is 2.07. The molecule has 0 amide bonds. The number of anilines is 1. The van der Waals surface area contributed by atoms with Crippen LogP contribution in [0, 0.1) is 5.92 Å². The van der Waals surface area contributed by atoms with Crippen molar-refractivity contribution < 1.29 is 9.47 Å². The molecule has 5 nitrogen and oxygen atoms in total. The molecule has 0 saturated carbocycles. The number of rotatable bonds is 4. The van der Waals surface area contributed by atoms with Gasteiger partial charge in [-0.15, -0.1) is 0 Å². The highest BCUT2D eigenvalue weighted by Crippen LogP contribution is 2.31. The van der Waals surface area contributed by atoms with Crippen LogP contribution in [0.5, 0.6) is 5.75 Å². The predicted molar refractivity (Wildman–Crippen MR) is 70.4 cm³/mol. The molecule has 18 heavy (non-hydrogen) atoms. The molecule has 0 radical (unpaired) electrons. The third kappa shape index (κ3) is 3.03. The van der Waals surface area contributed by atoms with E-state index in [2.05, 4.69) is 14.9 Å². The zero-order valence-electron chi connectivity index (χ0n) is 10.7. The molecule has 1 aliphatic rings. The molecule has 0 N–H and O–H groups in total. The molecule has 1 saturated heterocycles. The van der Waals surface area contributed by atoms with E-state index < -0.39 is 0 Å². The van der Waals surface area contributed by atoms with Crippen molar-refractivity contribution in [2.24, 2.45) is 5.92 Å². The molecule has 0 atom stereocenters. The lowest BCUT2D eigenvalue weighted by Gasteiger charge is -2.28. The standard InChI is InChI=1S/C12H18ClN3O2/c1-16(7-9-3-5-18-6-4-9)12-10(17-2)11(13)14-8-15-12/h8-9H,3-7H2,1-2H3. The maximum atomic E-state index is 5.99. The summed E-state index contributed by atoms with van der Waals surface area (Å²) in [6.45, 7) is 2.62. The topological polar surface area (TPSA) is 47.5 Å². The van der Waals surface area contributed by atoms with E-state index in [0.29, 0.717) is 16.8 Å². The average molecular weight is 272 g/mol. The third-order valence-electron chi connectivity index (χ3n) is 3.18. The zero-order valence-corrected chi connectivity index (χ0v) is 11.5. The van der Waals surface area contributed by atoms with Crippen molar-refractivity contribution in [2.45, 2.75) is 12.8 Å². The first-order valence-electron chi connectivity index (χ1n) is 6.05. The minimum Gasteiger partial charge on any atom is -0.490 e. The van der Waals surface area contributed by atoms with Gasteiger partial charge in [0.15, 0.2) is 16.7 Å². The van der Waals surface area contributed by atoms with Crippen molar-refractivity contribution >= 4 is 17.4 Å². The minimum absolute atomic E-state index is 0.348. The van der Waals surface area contributed by atoms with Crippen LogP contribution in [0.2, 0.25) is 5.15 Å². The fraction of sp³-hybridized carbons (Fsp3) is 0.667. The van der Waals surface area contributed by atoms with Gasteiger partial charge in [0.1, 0.15) is 6.33 Å². The van der Waals surface area contributed by atoms with Gasteiger partial charge in [0, 0.05) is 26.8 Å². The van der Waals surface area contributed by atoms with Crippen LogP contribution < -0.4 is 9.64 Å². The maximum Gasteiger partial charge on any atom is 0.199 e. The van der Waals surface area contributed by atoms with E-state index in [-0.39, 0.29) is 0 Å². The summed E-state index contributed by atoms with van der Waals surface area (Å²) in [5.74, 6) is 1.90. The van der Waals surface area contributed by atoms with Gasteiger partial charge in [-0.05, 0) is 18.8 Å². The van der Waals surface area contributed by atoms with Gasteiger partial charge in [-0.1, -0.05) is 11.6 Å². The summed E-state index contributed by atoms with van der Waals surface area (Å²) in [7, 11) is 3.58. The monoisotopic (exact) mass is 271 g/mol. The molecule has 0 bridgehead atoms. The normalized spacial score (nSPS) is 16.6. The Morgan fingerprint density at radius 1 is 1.44 bits per heavy atom. The van der Waals surface area contributed by atoms with Gasteiger partial charge in [0.05, 0.1) is 7.11 Å². The summed E-state index contributed by atoms with van der Waals surface area (Å²) >= 11 is 5.99. The lowest BCUT2D eigenvalue weighted by Crippen LogP contribution is -2.30. The van der Waals surface area contributed by atoms with Gasteiger partial charge >= 0.3 is 0 Å². The summed E-state index contributed by atoms with van der Waals surface area (Å²) in [5.41, 5.74) is 0. The molecule has 6 heteroatoms. The van der Waals surface area contributed by atoms with Crippen molar-refractivity contribution in [3.05, 3.63) is 11.5 Å². The van der Waals surface area contributed by atoms with Crippen LogP contribution in [0.15, 0.2) is 6.33 Å². The summed E-state index contributed by atoms with van der Waals surface area (Å²) in [5, 5.41) is 0.348. The highest BCUT2D eigenvalue weighted by molar-refractivity contribution is 6.31. The number of aromatic nitrogens is 2. The molecule has 0 spiro atoms. The second-order valence-corrected chi connectivity index (χ2v) is 4.82. The lowest BCUT2D eigenvalue weighted by molar-refractivity contribution is 0.0684. The third-order valence-corrected chi connectivity index (χ3v) is 3.45.